The van der Waals surface area contributed by atoms with Gasteiger partial charge in [-0.1, -0.05) is 30.9 Å². The average molecular weight is 406 g/mol. The van der Waals surface area contributed by atoms with Crippen LogP contribution in [0.1, 0.15) is 18.1 Å². The summed E-state index contributed by atoms with van der Waals surface area (Å²) in [5.41, 5.74) is 1.67. The van der Waals surface area contributed by atoms with Gasteiger partial charge in [0.25, 0.3) is 11.8 Å². The number of imide groups is 2. The van der Waals surface area contributed by atoms with Crippen LogP contribution in [0.4, 0.5) is 10.5 Å². The highest BCUT2D eigenvalue weighted by atomic mass is 16.5. The lowest BCUT2D eigenvalue weighted by Gasteiger charge is -2.26. The maximum atomic E-state index is 13.0. The lowest BCUT2D eigenvalue weighted by Crippen LogP contribution is -2.54. The Morgan fingerprint density at radius 2 is 1.87 bits per heavy atom. The van der Waals surface area contributed by atoms with Crippen LogP contribution in [0.3, 0.4) is 0 Å². The van der Waals surface area contributed by atoms with E-state index in [0.29, 0.717) is 36.0 Å². The number of carbonyl (C=O) groups excluding carboxylic acids is 3. The highest BCUT2D eigenvalue weighted by Crippen LogP contribution is 2.30. The molecule has 2 aromatic carbocycles. The Labute approximate surface area is 174 Å². The van der Waals surface area contributed by atoms with Crippen LogP contribution in [0.5, 0.6) is 11.5 Å². The monoisotopic (exact) mass is 406 g/mol. The molecule has 0 aliphatic carbocycles. The van der Waals surface area contributed by atoms with Gasteiger partial charge in [0.1, 0.15) is 12.2 Å². The van der Waals surface area contributed by atoms with Crippen LogP contribution in [0.25, 0.3) is 6.08 Å². The third-order valence-electron chi connectivity index (χ3n) is 4.30. The van der Waals surface area contributed by atoms with Crippen molar-refractivity contribution in [1.82, 2.24) is 5.32 Å². The van der Waals surface area contributed by atoms with Gasteiger partial charge in [-0.05, 0) is 55.3 Å². The topological polar surface area (TPSA) is 84.9 Å². The van der Waals surface area contributed by atoms with Gasteiger partial charge in [0.15, 0.2) is 11.5 Å². The van der Waals surface area contributed by atoms with Crippen molar-refractivity contribution in [3.05, 3.63) is 71.8 Å². The van der Waals surface area contributed by atoms with Crippen molar-refractivity contribution in [2.45, 2.75) is 13.8 Å². The van der Waals surface area contributed by atoms with Crippen molar-refractivity contribution in [1.29, 1.82) is 0 Å². The molecule has 0 spiro atoms. The summed E-state index contributed by atoms with van der Waals surface area (Å²) in [6, 6.07) is 11.2. The Morgan fingerprint density at radius 1 is 1.07 bits per heavy atom. The van der Waals surface area contributed by atoms with Crippen molar-refractivity contribution in [2.75, 3.05) is 18.1 Å². The molecular weight excluding hydrogens is 384 g/mol. The van der Waals surface area contributed by atoms with E-state index in [1.807, 2.05) is 19.9 Å². The first-order valence-corrected chi connectivity index (χ1v) is 9.43. The van der Waals surface area contributed by atoms with Gasteiger partial charge in [0, 0.05) is 0 Å². The SMILES string of the molecule is C=CCOc1ccc(C=C2C(=O)NC(=O)N(c3cccc(C)c3)C2=O)cc1OCC. The Kier molecular flexibility index (Phi) is 6.32. The quantitative estimate of drug-likeness (QED) is 0.431. The fraction of sp³-hybridized carbons (Fsp3) is 0.174. The van der Waals surface area contributed by atoms with Crippen molar-refractivity contribution < 1.29 is 23.9 Å². The maximum Gasteiger partial charge on any atom is 0.335 e. The highest BCUT2D eigenvalue weighted by Gasteiger charge is 2.36. The van der Waals surface area contributed by atoms with E-state index < -0.39 is 17.8 Å². The van der Waals surface area contributed by atoms with Crippen LogP contribution in [0.2, 0.25) is 0 Å². The van der Waals surface area contributed by atoms with E-state index in [1.54, 1.807) is 42.5 Å². The normalized spacial score (nSPS) is 15.2. The number of urea groups is 1. The van der Waals surface area contributed by atoms with Crippen LogP contribution in [-0.2, 0) is 9.59 Å². The molecule has 7 heteroatoms. The summed E-state index contributed by atoms with van der Waals surface area (Å²) >= 11 is 0. The second-order valence-electron chi connectivity index (χ2n) is 6.54. The summed E-state index contributed by atoms with van der Waals surface area (Å²) in [6.07, 6.45) is 3.04. The number of barbiturate groups is 1. The highest BCUT2D eigenvalue weighted by molar-refractivity contribution is 6.39. The summed E-state index contributed by atoms with van der Waals surface area (Å²) in [6.45, 7) is 8.04. The summed E-state index contributed by atoms with van der Waals surface area (Å²) in [7, 11) is 0. The number of hydrogen-bond donors (Lipinski definition) is 1. The molecule has 1 aliphatic rings. The molecule has 3 rings (SSSR count). The lowest BCUT2D eigenvalue weighted by molar-refractivity contribution is -0.122. The van der Waals surface area contributed by atoms with Crippen LogP contribution in [0.15, 0.2) is 60.7 Å². The van der Waals surface area contributed by atoms with Gasteiger partial charge in [-0.25, -0.2) is 9.69 Å². The maximum absolute atomic E-state index is 13.0. The molecule has 1 fully saturated rings. The fourth-order valence-electron chi connectivity index (χ4n) is 2.98. The van der Waals surface area contributed by atoms with E-state index in [0.717, 1.165) is 10.5 Å². The minimum absolute atomic E-state index is 0.154. The number of ether oxygens (including phenoxy) is 2. The molecule has 2 aromatic rings. The van der Waals surface area contributed by atoms with Gasteiger partial charge >= 0.3 is 6.03 Å². The molecule has 154 valence electrons. The third-order valence-corrected chi connectivity index (χ3v) is 4.30. The van der Waals surface area contributed by atoms with Gasteiger partial charge in [-0.2, -0.15) is 0 Å². The zero-order valence-electron chi connectivity index (χ0n) is 16.8. The number of hydrogen-bond acceptors (Lipinski definition) is 5. The third kappa shape index (κ3) is 4.41. The van der Waals surface area contributed by atoms with E-state index in [4.69, 9.17) is 9.47 Å². The zero-order chi connectivity index (χ0) is 21.7. The van der Waals surface area contributed by atoms with E-state index in [1.165, 1.54) is 6.08 Å². The van der Waals surface area contributed by atoms with Crippen LogP contribution in [0, 0.1) is 6.92 Å². The van der Waals surface area contributed by atoms with Gasteiger partial charge in [0.05, 0.1) is 12.3 Å². The molecule has 0 unspecified atom stereocenters. The van der Waals surface area contributed by atoms with Crippen molar-refractivity contribution >= 4 is 29.6 Å². The largest absolute Gasteiger partial charge is 0.490 e. The van der Waals surface area contributed by atoms with E-state index >= 15 is 0 Å². The number of carbonyl (C=O) groups is 3. The second-order valence-corrected chi connectivity index (χ2v) is 6.54. The molecule has 30 heavy (non-hydrogen) atoms. The number of rotatable bonds is 7. The molecule has 0 atom stereocenters. The Hall–Kier alpha value is -3.87. The Balaban J connectivity index is 1.97. The smallest absolute Gasteiger partial charge is 0.335 e. The number of nitrogens with zero attached hydrogens (tertiary/aromatic N) is 1. The average Bonchev–Trinajstić information content (AvgIpc) is 2.70. The molecule has 0 aromatic heterocycles. The second kappa shape index (κ2) is 9.09. The van der Waals surface area contributed by atoms with Gasteiger partial charge in [-0.3, -0.25) is 14.9 Å². The standard InChI is InChI=1S/C23H22N2O5/c1-4-11-30-19-10-9-16(14-20(19)29-5-2)13-18-21(26)24-23(28)25(22(18)27)17-8-6-7-15(3)12-17/h4,6-10,12-14H,1,5,11H2,2-3H3,(H,24,26,28). The number of anilines is 1. The molecular formula is C23H22N2O5. The summed E-state index contributed by atoms with van der Waals surface area (Å²) in [5, 5.41) is 2.22. The summed E-state index contributed by atoms with van der Waals surface area (Å²) in [5.74, 6) is -0.447. The summed E-state index contributed by atoms with van der Waals surface area (Å²) < 4.78 is 11.2. The molecule has 1 N–H and O–H groups in total. The van der Waals surface area contributed by atoms with Crippen LogP contribution < -0.4 is 19.7 Å². The van der Waals surface area contributed by atoms with E-state index in [2.05, 4.69) is 11.9 Å². The van der Waals surface area contributed by atoms with Crippen LogP contribution >= 0.6 is 0 Å². The number of benzene rings is 2. The first-order chi connectivity index (χ1) is 14.4. The van der Waals surface area contributed by atoms with Crippen molar-refractivity contribution in [3.63, 3.8) is 0 Å². The number of aryl methyl sites for hydroxylation is 1. The minimum Gasteiger partial charge on any atom is -0.490 e. The molecule has 0 radical (unpaired) electrons. The van der Waals surface area contributed by atoms with Gasteiger partial charge < -0.3 is 9.47 Å². The predicted octanol–water partition coefficient (Wildman–Crippen LogP) is 3.62. The van der Waals surface area contributed by atoms with E-state index in [9.17, 15) is 14.4 Å². The van der Waals surface area contributed by atoms with Gasteiger partial charge in [-0.15, -0.1) is 0 Å². The Morgan fingerprint density at radius 3 is 2.57 bits per heavy atom. The molecule has 0 saturated carbocycles. The van der Waals surface area contributed by atoms with Crippen molar-refractivity contribution in [3.8, 4) is 11.5 Å². The number of nitrogens with one attached hydrogen (secondary N) is 1. The number of amides is 4. The first-order valence-electron chi connectivity index (χ1n) is 9.43. The minimum atomic E-state index is -0.782. The fourth-order valence-corrected chi connectivity index (χ4v) is 2.98. The molecule has 0 bridgehead atoms. The lowest BCUT2D eigenvalue weighted by atomic mass is 10.1. The molecule has 1 heterocycles. The van der Waals surface area contributed by atoms with Gasteiger partial charge in [0.2, 0.25) is 0 Å². The Bertz CT molecular complexity index is 1040. The van der Waals surface area contributed by atoms with Crippen molar-refractivity contribution in [2.24, 2.45) is 0 Å². The zero-order valence-corrected chi connectivity index (χ0v) is 16.8. The predicted molar refractivity (Wildman–Crippen MR) is 113 cm³/mol. The van der Waals surface area contributed by atoms with E-state index in [-0.39, 0.29) is 5.57 Å². The molecule has 7 nitrogen and oxygen atoms in total. The molecule has 1 aliphatic heterocycles. The summed E-state index contributed by atoms with van der Waals surface area (Å²) in [4.78, 5) is 38.6. The molecule has 1 saturated heterocycles. The first kappa shape index (κ1) is 20.9. The van der Waals surface area contributed by atoms with Crippen LogP contribution in [-0.4, -0.2) is 31.1 Å². The molecule has 4 amide bonds.